The minimum Gasteiger partial charge on any atom is -0.467 e. The lowest BCUT2D eigenvalue weighted by Gasteiger charge is -2.14. The molecule has 3 heterocycles. The van der Waals surface area contributed by atoms with Gasteiger partial charge in [0.1, 0.15) is 5.76 Å². The van der Waals surface area contributed by atoms with Crippen molar-refractivity contribution in [3.63, 3.8) is 0 Å². The minimum atomic E-state index is -0.142. The van der Waals surface area contributed by atoms with Crippen LogP contribution in [0.2, 0.25) is 0 Å². The Labute approximate surface area is 213 Å². The molecule has 5 aromatic rings. The van der Waals surface area contributed by atoms with Gasteiger partial charge < -0.3 is 8.98 Å². The van der Waals surface area contributed by atoms with Gasteiger partial charge in [0.25, 0.3) is 5.56 Å². The van der Waals surface area contributed by atoms with Crippen LogP contribution in [0.3, 0.4) is 0 Å². The Hall–Kier alpha value is -3.84. The second kappa shape index (κ2) is 9.66. The summed E-state index contributed by atoms with van der Waals surface area (Å²) in [4.78, 5) is 31.7. The number of fused-ring (bicyclic) bond motifs is 1. The highest BCUT2D eigenvalue weighted by molar-refractivity contribution is 7.99. The first-order valence-corrected chi connectivity index (χ1v) is 12.8. The van der Waals surface area contributed by atoms with Gasteiger partial charge in [-0.05, 0) is 81.3 Å². The molecule has 0 aliphatic carbocycles. The monoisotopic (exact) mass is 497 g/mol. The molecule has 0 aliphatic rings. The molecule has 0 radical (unpaired) electrons. The van der Waals surface area contributed by atoms with E-state index < -0.39 is 0 Å². The standard InChI is InChI=1S/C29H27N3O3S/c1-18-12-19(2)14-22(13-18)32-28(34)24-9-5-6-10-26(24)30-29(32)36-17-27(33)25-15-20(3)31(21(25)4)16-23-8-7-11-35-23/h5-15H,16-17H2,1-4H3. The highest BCUT2D eigenvalue weighted by Gasteiger charge is 2.19. The van der Waals surface area contributed by atoms with Crippen molar-refractivity contribution in [1.29, 1.82) is 0 Å². The normalized spacial score (nSPS) is 11.3. The van der Waals surface area contributed by atoms with Gasteiger partial charge in [-0.15, -0.1) is 0 Å². The number of carbonyl (C=O) groups is 1. The maximum absolute atomic E-state index is 13.6. The smallest absolute Gasteiger partial charge is 0.266 e. The Morgan fingerprint density at radius 1 is 0.972 bits per heavy atom. The van der Waals surface area contributed by atoms with Gasteiger partial charge in [0, 0.05) is 17.0 Å². The average molecular weight is 498 g/mol. The van der Waals surface area contributed by atoms with Gasteiger partial charge in [0.05, 0.1) is 35.2 Å². The molecule has 0 spiro atoms. The van der Waals surface area contributed by atoms with Crippen LogP contribution in [0.4, 0.5) is 0 Å². The molecule has 0 saturated heterocycles. The predicted octanol–water partition coefficient (Wildman–Crippen LogP) is 6.04. The number of thioether (sulfide) groups is 1. The lowest BCUT2D eigenvalue weighted by atomic mass is 10.1. The third-order valence-corrected chi connectivity index (χ3v) is 7.25. The first-order chi connectivity index (χ1) is 17.3. The topological polar surface area (TPSA) is 70.0 Å². The molecule has 6 nitrogen and oxygen atoms in total. The SMILES string of the molecule is Cc1cc(C)cc(-n2c(SCC(=O)c3cc(C)n(Cc4ccco4)c3C)nc3ccccc3c2=O)c1. The van der Waals surface area contributed by atoms with Crippen molar-refractivity contribution >= 4 is 28.4 Å². The molecule has 7 heteroatoms. The molecule has 0 fully saturated rings. The van der Waals surface area contributed by atoms with E-state index in [1.165, 1.54) is 11.8 Å². The zero-order valence-electron chi connectivity index (χ0n) is 20.7. The number of para-hydroxylation sites is 1. The van der Waals surface area contributed by atoms with E-state index in [0.29, 0.717) is 28.2 Å². The van der Waals surface area contributed by atoms with Crippen molar-refractivity contribution in [2.24, 2.45) is 0 Å². The summed E-state index contributed by atoms with van der Waals surface area (Å²) in [6, 6.07) is 19.0. The third-order valence-electron chi connectivity index (χ3n) is 6.31. The van der Waals surface area contributed by atoms with Crippen LogP contribution in [0.5, 0.6) is 0 Å². The molecule has 0 N–H and O–H groups in total. The molecule has 0 saturated carbocycles. The number of aryl methyl sites for hydroxylation is 3. The van der Waals surface area contributed by atoms with Crippen LogP contribution in [-0.2, 0) is 6.54 Å². The number of nitrogens with zero attached hydrogens (tertiary/aromatic N) is 3. The molecule has 0 atom stereocenters. The molecule has 2 aromatic carbocycles. The maximum atomic E-state index is 13.6. The van der Waals surface area contributed by atoms with E-state index in [1.54, 1.807) is 16.9 Å². The van der Waals surface area contributed by atoms with Gasteiger partial charge >= 0.3 is 0 Å². The molecule has 0 amide bonds. The van der Waals surface area contributed by atoms with E-state index in [2.05, 4.69) is 10.6 Å². The molecule has 0 bridgehead atoms. The van der Waals surface area contributed by atoms with E-state index in [1.807, 2.05) is 76.2 Å². The summed E-state index contributed by atoms with van der Waals surface area (Å²) in [5.41, 5.74) is 5.91. The maximum Gasteiger partial charge on any atom is 0.266 e. The van der Waals surface area contributed by atoms with Crippen LogP contribution >= 0.6 is 11.8 Å². The highest BCUT2D eigenvalue weighted by Crippen LogP contribution is 2.25. The van der Waals surface area contributed by atoms with E-state index in [0.717, 1.165) is 34.0 Å². The fraction of sp³-hybridized carbons (Fsp3) is 0.207. The predicted molar refractivity (Wildman–Crippen MR) is 144 cm³/mol. The van der Waals surface area contributed by atoms with Crippen LogP contribution in [-0.4, -0.2) is 25.7 Å². The summed E-state index contributed by atoms with van der Waals surface area (Å²) in [7, 11) is 0. The first kappa shape index (κ1) is 23.9. The Morgan fingerprint density at radius 2 is 1.72 bits per heavy atom. The van der Waals surface area contributed by atoms with E-state index in [9.17, 15) is 9.59 Å². The second-order valence-electron chi connectivity index (χ2n) is 9.06. The van der Waals surface area contributed by atoms with Gasteiger partial charge in [0.15, 0.2) is 10.9 Å². The summed E-state index contributed by atoms with van der Waals surface area (Å²) in [5.74, 6) is 0.997. The molecule has 36 heavy (non-hydrogen) atoms. The number of rotatable bonds is 7. The van der Waals surface area contributed by atoms with Crippen LogP contribution in [0.15, 0.2) is 81.3 Å². The molecule has 0 aliphatic heterocycles. The Morgan fingerprint density at radius 3 is 2.44 bits per heavy atom. The largest absolute Gasteiger partial charge is 0.467 e. The number of furan rings is 1. The minimum absolute atomic E-state index is 0.00632. The molecule has 182 valence electrons. The molecule has 5 rings (SSSR count). The zero-order chi connectivity index (χ0) is 25.4. The lowest BCUT2D eigenvalue weighted by molar-refractivity contribution is 0.102. The fourth-order valence-corrected chi connectivity index (χ4v) is 5.51. The van der Waals surface area contributed by atoms with Crippen molar-refractivity contribution in [2.75, 3.05) is 5.75 Å². The number of aromatic nitrogens is 3. The first-order valence-electron chi connectivity index (χ1n) is 11.8. The van der Waals surface area contributed by atoms with E-state index in [4.69, 9.17) is 9.40 Å². The van der Waals surface area contributed by atoms with Crippen molar-refractivity contribution in [3.05, 3.63) is 111 Å². The van der Waals surface area contributed by atoms with Crippen LogP contribution < -0.4 is 5.56 Å². The van der Waals surface area contributed by atoms with Crippen molar-refractivity contribution in [3.8, 4) is 5.69 Å². The van der Waals surface area contributed by atoms with E-state index in [-0.39, 0.29) is 17.1 Å². The molecule has 0 unspecified atom stereocenters. The summed E-state index contributed by atoms with van der Waals surface area (Å²) in [6.07, 6.45) is 1.65. The molecular formula is C29H27N3O3S. The van der Waals surface area contributed by atoms with Gasteiger partial charge in [-0.25, -0.2) is 4.98 Å². The third kappa shape index (κ3) is 4.54. The number of carbonyl (C=O) groups excluding carboxylic acids is 1. The average Bonchev–Trinajstić information content (AvgIpc) is 3.46. The van der Waals surface area contributed by atoms with Gasteiger partial charge in [-0.1, -0.05) is 30.0 Å². The van der Waals surface area contributed by atoms with Crippen molar-refractivity contribution in [2.45, 2.75) is 39.4 Å². The summed E-state index contributed by atoms with van der Waals surface area (Å²) in [6.45, 7) is 8.52. The van der Waals surface area contributed by atoms with Gasteiger partial charge in [0.2, 0.25) is 0 Å². The van der Waals surface area contributed by atoms with Crippen LogP contribution in [0.1, 0.15) is 38.6 Å². The number of hydrogen-bond donors (Lipinski definition) is 0. The summed E-state index contributed by atoms with van der Waals surface area (Å²) >= 11 is 1.29. The Bertz CT molecular complexity index is 1620. The number of benzene rings is 2. The molecule has 3 aromatic heterocycles. The van der Waals surface area contributed by atoms with Gasteiger partial charge in [-0.3, -0.25) is 14.2 Å². The zero-order valence-corrected chi connectivity index (χ0v) is 21.6. The number of hydrogen-bond acceptors (Lipinski definition) is 5. The fourth-order valence-electron chi connectivity index (χ4n) is 4.61. The summed E-state index contributed by atoms with van der Waals surface area (Å²) < 4.78 is 9.20. The second-order valence-corrected chi connectivity index (χ2v) is 10.0. The number of Topliss-reactive ketones (excluding diaryl/α,β-unsaturated/α-hetero) is 1. The summed E-state index contributed by atoms with van der Waals surface area (Å²) in [5, 5.41) is 1.05. The Balaban J connectivity index is 1.50. The van der Waals surface area contributed by atoms with Crippen molar-refractivity contribution < 1.29 is 9.21 Å². The van der Waals surface area contributed by atoms with Crippen molar-refractivity contribution in [1.82, 2.24) is 14.1 Å². The van der Waals surface area contributed by atoms with Gasteiger partial charge in [-0.2, -0.15) is 0 Å². The molecular weight excluding hydrogens is 470 g/mol. The van der Waals surface area contributed by atoms with E-state index >= 15 is 0 Å². The van der Waals surface area contributed by atoms with Crippen LogP contribution in [0.25, 0.3) is 16.6 Å². The highest BCUT2D eigenvalue weighted by atomic mass is 32.2. The van der Waals surface area contributed by atoms with Crippen LogP contribution in [0, 0.1) is 27.7 Å². The Kier molecular flexibility index (Phi) is 6.41. The lowest BCUT2D eigenvalue weighted by Crippen LogP contribution is -2.22. The quantitative estimate of drug-likeness (QED) is 0.156. The number of ketones is 1.